The van der Waals surface area contributed by atoms with Crippen molar-refractivity contribution in [1.82, 2.24) is 0 Å². The van der Waals surface area contributed by atoms with E-state index in [0.29, 0.717) is 6.42 Å². The molecule has 1 amide bonds. The number of ether oxygens (including phenoxy) is 1. The lowest BCUT2D eigenvalue weighted by Crippen LogP contribution is -2.14. The van der Waals surface area contributed by atoms with Gasteiger partial charge in [0.1, 0.15) is 5.75 Å². The van der Waals surface area contributed by atoms with Crippen molar-refractivity contribution >= 4 is 27.5 Å². The van der Waals surface area contributed by atoms with Gasteiger partial charge < -0.3 is 10.1 Å². The molecule has 0 spiro atoms. The van der Waals surface area contributed by atoms with Crippen LogP contribution in [-0.2, 0) is 17.4 Å². The fraction of sp³-hybridized carbons (Fsp3) is 0.235. The van der Waals surface area contributed by atoms with Gasteiger partial charge in [-0.1, -0.05) is 28.1 Å². The van der Waals surface area contributed by atoms with Crippen LogP contribution in [0.25, 0.3) is 0 Å². The van der Waals surface area contributed by atoms with Crippen molar-refractivity contribution in [3.8, 4) is 5.75 Å². The zero-order valence-electron chi connectivity index (χ0n) is 12.8. The number of benzene rings is 2. The second-order valence-corrected chi connectivity index (χ2v) is 5.94. The first-order valence-corrected chi connectivity index (χ1v) is 7.88. The largest absolute Gasteiger partial charge is 0.497 e. The number of carbonyl (C=O) groups is 1. The maximum atomic E-state index is 12.8. The molecule has 0 aliphatic rings. The Morgan fingerprint density at radius 3 is 2.42 bits per heavy atom. The van der Waals surface area contributed by atoms with Crippen LogP contribution in [-0.4, -0.2) is 13.0 Å². The van der Waals surface area contributed by atoms with Gasteiger partial charge in [0.15, 0.2) is 0 Å². The minimum absolute atomic E-state index is 0.0637. The van der Waals surface area contributed by atoms with Crippen LogP contribution in [0.4, 0.5) is 18.9 Å². The van der Waals surface area contributed by atoms with Crippen LogP contribution in [0, 0.1) is 0 Å². The number of carbonyl (C=O) groups excluding carboxylic acids is 1. The summed E-state index contributed by atoms with van der Waals surface area (Å²) in [4.78, 5) is 11.9. The van der Waals surface area contributed by atoms with E-state index >= 15 is 0 Å². The monoisotopic (exact) mass is 401 g/mol. The topological polar surface area (TPSA) is 38.3 Å². The predicted molar refractivity (Wildman–Crippen MR) is 89.1 cm³/mol. The zero-order chi connectivity index (χ0) is 17.7. The number of amides is 1. The SMILES string of the molecule is COc1ccc(CCC(=O)Nc2ccc(Br)c(C(F)(F)F)c2)cc1. The van der Waals surface area contributed by atoms with E-state index in [2.05, 4.69) is 21.2 Å². The lowest BCUT2D eigenvalue weighted by atomic mass is 10.1. The Hall–Kier alpha value is -2.02. The number of aryl methyl sites for hydroxylation is 1. The van der Waals surface area contributed by atoms with Crippen molar-refractivity contribution in [2.45, 2.75) is 19.0 Å². The third kappa shape index (κ3) is 4.99. The van der Waals surface area contributed by atoms with Crippen LogP contribution in [0.15, 0.2) is 46.9 Å². The fourth-order valence-electron chi connectivity index (χ4n) is 2.09. The Bertz CT molecular complexity index is 715. The third-order valence-corrected chi connectivity index (χ3v) is 4.05. The molecule has 0 bridgehead atoms. The minimum atomic E-state index is -4.48. The molecular formula is C17H15BrF3NO2. The Labute approximate surface area is 146 Å². The van der Waals surface area contributed by atoms with Gasteiger partial charge in [-0.25, -0.2) is 0 Å². The van der Waals surface area contributed by atoms with Crippen molar-refractivity contribution in [2.75, 3.05) is 12.4 Å². The number of rotatable bonds is 5. The Morgan fingerprint density at radius 2 is 1.83 bits per heavy atom. The molecule has 0 heterocycles. The number of halogens is 4. The molecule has 0 fully saturated rings. The maximum absolute atomic E-state index is 12.8. The molecule has 0 saturated carbocycles. The lowest BCUT2D eigenvalue weighted by Gasteiger charge is -2.12. The Balaban J connectivity index is 1.97. The van der Waals surface area contributed by atoms with E-state index in [1.807, 2.05) is 12.1 Å². The van der Waals surface area contributed by atoms with Crippen molar-refractivity contribution in [1.29, 1.82) is 0 Å². The van der Waals surface area contributed by atoms with Crippen LogP contribution in [0.5, 0.6) is 5.75 Å². The van der Waals surface area contributed by atoms with Gasteiger partial charge >= 0.3 is 6.18 Å². The molecule has 7 heteroatoms. The van der Waals surface area contributed by atoms with Gasteiger partial charge in [0, 0.05) is 16.6 Å². The molecule has 0 aromatic heterocycles. The number of hydrogen-bond donors (Lipinski definition) is 1. The normalized spacial score (nSPS) is 11.2. The molecule has 0 unspecified atom stereocenters. The molecular weight excluding hydrogens is 387 g/mol. The highest BCUT2D eigenvalue weighted by Crippen LogP contribution is 2.36. The van der Waals surface area contributed by atoms with Gasteiger partial charge in [-0.2, -0.15) is 13.2 Å². The first-order valence-electron chi connectivity index (χ1n) is 7.09. The lowest BCUT2D eigenvalue weighted by molar-refractivity contribution is -0.138. The van der Waals surface area contributed by atoms with Gasteiger partial charge in [0.05, 0.1) is 12.7 Å². The van der Waals surface area contributed by atoms with Crippen molar-refractivity contribution < 1.29 is 22.7 Å². The van der Waals surface area contributed by atoms with Crippen LogP contribution < -0.4 is 10.1 Å². The summed E-state index contributed by atoms with van der Waals surface area (Å²) in [5, 5.41) is 2.49. The van der Waals surface area contributed by atoms with Gasteiger partial charge in [0.25, 0.3) is 0 Å². The van der Waals surface area contributed by atoms with Crippen LogP contribution in [0.3, 0.4) is 0 Å². The fourth-order valence-corrected chi connectivity index (χ4v) is 2.57. The molecule has 0 radical (unpaired) electrons. The highest BCUT2D eigenvalue weighted by molar-refractivity contribution is 9.10. The maximum Gasteiger partial charge on any atom is 0.417 e. The summed E-state index contributed by atoms with van der Waals surface area (Å²) >= 11 is 2.86. The molecule has 128 valence electrons. The smallest absolute Gasteiger partial charge is 0.417 e. The van der Waals surface area contributed by atoms with Gasteiger partial charge in [-0.15, -0.1) is 0 Å². The van der Waals surface area contributed by atoms with Crippen LogP contribution >= 0.6 is 15.9 Å². The van der Waals surface area contributed by atoms with Crippen LogP contribution in [0.2, 0.25) is 0 Å². The average Bonchev–Trinajstić information content (AvgIpc) is 2.54. The molecule has 0 aliphatic carbocycles. The van der Waals surface area contributed by atoms with Crippen molar-refractivity contribution in [2.24, 2.45) is 0 Å². The van der Waals surface area contributed by atoms with Gasteiger partial charge in [-0.05, 0) is 42.3 Å². The van der Waals surface area contributed by atoms with E-state index in [4.69, 9.17) is 4.74 Å². The highest BCUT2D eigenvalue weighted by Gasteiger charge is 2.33. The van der Waals surface area contributed by atoms with Gasteiger partial charge in [0.2, 0.25) is 5.91 Å². The summed E-state index contributed by atoms with van der Waals surface area (Å²) in [6.07, 6.45) is -3.83. The second-order valence-electron chi connectivity index (χ2n) is 5.09. The minimum Gasteiger partial charge on any atom is -0.497 e. The zero-order valence-corrected chi connectivity index (χ0v) is 14.4. The van der Waals surface area contributed by atoms with E-state index < -0.39 is 11.7 Å². The number of alkyl halides is 3. The third-order valence-electron chi connectivity index (χ3n) is 3.36. The molecule has 1 N–H and O–H groups in total. The predicted octanol–water partition coefficient (Wildman–Crippen LogP) is 5.05. The second kappa shape index (κ2) is 7.70. The van der Waals surface area contributed by atoms with Gasteiger partial charge in [-0.3, -0.25) is 4.79 Å². The van der Waals surface area contributed by atoms with Crippen molar-refractivity contribution in [3.63, 3.8) is 0 Å². The number of methoxy groups -OCH3 is 1. The summed E-state index contributed by atoms with van der Waals surface area (Å²) in [6, 6.07) is 10.9. The quantitative estimate of drug-likeness (QED) is 0.761. The summed E-state index contributed by atoms with van der Waals surface area (Å²) in [5.74, 6) is 0.374. The molecule has 0 atom stereocenters. The Morgan fingerprint density at radius 1 is 1.17 bits per heavy atom. The molecule has 24 heavy (non-hydrogen) atoms. The average molecular weight is 402 g/mol. The molecule has 0 saturated heterocycles. The number of hydrogen-bond acceptors (Lipinski definition) is 2. The van der Waals surface area contributed by atoms with Crippen LogP contribution in [0.1, 0.15) is 17.5 Å². The summed E-state index contributed by atoms with van der Waals surface area (Å²) in [5.41, 5.74) is 0.235. The molecule has 2 aromatic carbocycles. The molecule has 0 aliphatic heterocycles. The number of anilines is 1. The Kier molecular flexibility index (Phi) is 5.88. The van der Waals surface area contributed by atoms with E-state index in [9.17, 15) is 18.0 Å². The molecule has 2 rings (SSSR count). The summed E-state index contributed by atoms with van der Waals surface area (Å²) < 4.78 is 43.5. The highest BCUT2D eigenvalue weighted by atomic mass is 79.9. The van der Waals surface area contributed by atoms with E-state index in [0.717, 1.165) is 17.4 Å². The first kappa shape index (κ1) is 18.3. The molecule has 2 aromatic rings. The number of nitrogens with one attached hydrogen (secondary N) is 1. The standard InChI is InChI=1S/C17H15BrF3NO2/c1-24-13-6-2-11(3-7-13)4-9-16(23)22-12-5-8-15(18)14(10-12)17(19,20)21/h2-3,5-8,10H,4,9H2,1H3,(H,22,23). The van der Waals surface area contributed by atoms with E-state index in [-0.39, 0.29) is 22.5 Å². The first-order chi connectivity index (χ1) is 11.3. The molecule has 3 nitrogen and oxygen atoms in total. The van der Waals surface area contributed by atoms with E-state index in [1.54, 1.807) is 19.2 Å². The summed E-state index contributed by atoms with van der Waals surface area (Å²) in [6.45, 7) is 0. The summed E-state index contributed by atoms with van der Waals surface area (Å²) in [7, 11) is 1.57. The van der Waals surface area contributed by atoms with Crippen molar-refractivity contribution in [3.05, 3.63) is 58.1 Å². The van der Waals surface area contributed by atoms with E-state index in [1.165, 1.54) is 12.1 Å².